The Bertz CT molecular complexity index is 1270. The molecule has 5 N–H and O–H groups in total. The number of nitrogens with zero attached hydrogens (tertiary/aromatic N) is 4. The van der Waals surface area contributed by atoms with Crippen molar-refractivity contribution in [2.24, 2.45) is 5.73 Å². The first kappa shape index (κ1) is 23.7. The number of aromatic nitrogens is 3. The van der Waals surface area contributed by atoms with E-state index in [4.69, 9.17) is 11.6 Å². The minimum Gasteiger partial charge on any atom is -0.364 e. The highest BCUT2D eigenvalue weighted by Crippen LogP contribution is 2.33. The van der Waals surface area contributed by atoms with Crippen molar-refractivity contribution < 1.29 is 14.4 Å². The minimum absolute atomic E-state index is 0.0368. The molecule has 3 heterocycles. The Morgan fingerprint density at radius 1 is 1.11 bits per heavy atom. The molecule has 1 aliphatic rings. The summed E-state index contributed by atoms with van der Waals surface area (Å²) in [5.74, 6) is 5.94. The third kappa shape index (κ3) is 4.91. The predicted octanol–water partition coefficient (Wildman–Crippen LogP) is 2.64. The van der Waals surface area contributed by atoms with Crippen molar-refractivity contribution in [3.63, 3.8) is 0 Å². The highest BCUT2D eigenvalue weighted by molar-refractivity contribution is 6.04. The number of hydrogen-bond donors (Lipinski definition) is 3. The summed E-state index contributed by atoms with van der Waals surface area (Å²) in [7, 11) is 0. The number of likely N-dealkylation sites (tertiary alicyclic amines) is 1. The van der Waals surface area contributed by atoms with E-state index in [9.17, 15) is 14.4 Å². The lowest BCUT2D eigenvalue weighted by Gasteiger charge is -2.34. The maximum absolute atomic E-state index is 12.6. The third-order valence-electron chi connectivity index (χ3n) is 5.89. The number of piperidine rings is 1. The number of rotatable bonds is 6. The molecule has 1 aromatic carbocycles. The van der Waals surface area contributed by atoms with Crippen LogP contribution in [0.1, 0.15) is 58.9 Å². The minimum atomic E-state index is -0.736. The lowest BCUT2D eigenvalue weighted by molar-refractivity contribution is -0.130. The zero-order chi connectivity index (χ0) is 24.9. The summed E-state index contributed by atoms with van der Waals surface area (Å²) in [5, 5.41) is 2.72. The molecule has 1 saturated heterocycles. The lowest BCUT2D eigenvalue weighted by Crippen LogP contribution is -2.39. The van der Waals surface area contributed by atoms with Gasteiger partial charge in [0.25, 0.3) is 11.8 Å². The van der Waals surface area contributed by atoms with Crippen LogP contribution in [-0.4, -0.2) is 43.8 Å². The van der Waals surface area contributed by atoms with Gasteiger partial charge >= 0.3 is 0 Å². The van der Waals surface area contributed by atoms with Crippen molar-refractivity contribution in [2.75, 3.05) is 17.7 Å². The van der Waals surface area contributed by atoms with Crippen LogP contribution in [0.25, 0.3) is 11.3 Å². The number of hydrogen-bond acceptors (Lipinski definition) is 6. The maximum Gasteiger partial charge on any atom is 0.269 e. The van der Waals surface area contributed by atoms with Crippen LogP contribution in [0.5, 0.6) is 0 Å². The molecule has 35 heavy (non-hydrogen) atoms. The molecule has 0 saturated carbocycles. The maximum atomic E-state index is 12.6. The van der Waals surface area contributed by atoms with Gasteiger partial charge in [0.05, 0.1) is 6.04 Å². The summed E-state index contributed by atoms with van der Waals surface area (Å²) in [6.45, 7) is 2.35. The number of carbonyl (C=O) groups excluding carboxylic acids is 3. The first-order valence-electron chi connectivity index (χ1n) is 11.3. The summed E-state index contributed by atoms with van der Waals surface area (Å²) >= 11 is 0. The Labute approximate surface area is 202 Å². The molecule has 0 aliphatic carbocycles. The van der Waals surface area contributed by atoms with Crippen molar-refractivity contribution in [1.82, 2.24) is 19.5 Å². The second kappa shape index (κ2) is 10.2. The number of amides is 3. The Hall–Kier alpha value is -4.47. The van der Waals surface area contributed by atoms with Crippen LogP contribution in [0, 0.1) is 0 Å². The number of imidazole rings is 1. The number of nitrogen functional groups attached to an aromatic ring is 1. The number of benzene rings is 1. The number of pyridine rings is 1. The molecule has 0 bridgehead atoms. The third-order valence-corrected chi connectivity index (χ3v) is 5.89. The first-order valence-corrected chi connectivity index (χ1v) is 11.3. The van der Waals surface area contributed by atoms with E-state index in [-0.39, 0.29) is 23.6 Å². The Kier molecular flexibility index (Phi) is 6.91. The molecule has 180 valence electrons. The quantitative estimate of drug-likeness (QED) is 0.370. The van der Waals surface area contributed by atoms with Gasteiger partial charge in [-0.25, -0.2) is 14.6 Å². The fraction of sp³-hybridized carbons (Fsp3) is 0.240. The van der Waals surface area contributed by atoms with Crippen molar-refractivity contribution in [3.8, 4) is 11.3 Å². The van der Waals surface area contributed by atoms with Crippen LogP contribution in [0.15, 0.2) is 60.8 Å². The monoisotopic (exact) mass is 473 g/mol. The van der Waals surface area contributed by atoms with E-state index in [1.54, 1.807) is 66.6 Å². The predicted molar refractivity (Wildman–Crippen MR) is 132 cm³/mol. The van der Waals surface area contributed by atoms with Crippen molar-refractivity contribution in [1.29, 1.82) is 0 Å². The van der Waals surface area contributed by atoms with E-state index in [1.165, 1.54) is 10.8 Å². The van der Waals surface area contributed by atoms with Crippen molar-refractivity contribution >= 4 is 23.5 Å². The molecule has 10 nitrogen and oxygen atoms in total. The van der Waals surface area contributed by atoms with Crippen LogP contribution in [0.2, 0.25) is 0 Å². The Morgan fingerprint density at radius 3 is 2.54 bits per heavy atom. The average molecular weight is 474 g/mol. The lowest BCUT2D eigenvalue weighted by atomic mass is 10.0. The van der Waals surface area contributed by atoms with Crippen molar-refractivity contribution in [3.05, 3.63) is 77.9 Å². The van der Waals surface area contributed by atoms with E-state index in [2.05, 4.69) is 15.3 Å². The molecular weight excluding hydrogens is 446 g/mol. The molecule has 10 heteroatoms. The SMILES string of the molecule is C/C=C/C(=O)N1CCCCC1c1nc(-c2ccc(C(=O)Nc3ccccn3)cc2)c(C(N)=O)n1N. The molecule has 2 aromatic heterocycles. The number of allylic oxidation sites excluding steroid dienone is 1. The van der Waals surface area contributed by atoms with Gasteiger partial charge in [0.2, 0.25) is 5.91 Å². The van der Waals surface area contributed by atoms with Gasteiger partial charge in [-0.1, -0.05) is 24.3 Å². The van der Waals surface area contributed by atoms with E-state index in [0.29, 0.717) is 41.4 Å². The topological polar surface area (TPSA) is 149 Å². The van der Waals surface area contributed by atoms with Crippen molar-refractivity contribution in [2.45, 2.75) is 32.2 Å². The van der Waals surface area contributed by atoms with Gasteiger partial charge in [0.1, 0.15) is 11.5 Å². The Balaban J connectivity index is 1.66. The van der Waals surface area contributed by atoms with E-state index < -0.39 is 5.91 Å². The molecule has 1 fully saturated rings. The van der Waals surface area contributed by atoms with E-state index >= 15 is 0 Å². The second-order valence-electron chi connectivity index (χ2n) is 8.19. The zero-order valence-corrected chi connectivity index (χ0v) is 19.3. The fourth-order valence-electron chi connectivity index (χ4n) is 4.23. The zero-order valence-electron chi connectivity index (χ0n) is 19.3. The van der Waals surface area contributed by atoms with E-state index in [1.807, 2.05) is 0 Å². The summed E-state index contributed by atoms with van der Waals surface area (Å²) in [5.41, 5.74) is 6.97. The molecule has 0 spiro atoms. The van der Waals surface area contributed by atoms with Crippen LogP contribution >= 0.6 is 0 Å². The largest absolute Gasteiger partial charge is 0.364 e. The normalized spacial score (nSPS) is 15.8. The summed E-state index contributed by atoms with van der Waals surface area (Å²) in [6, 6.07) is 11.4. The van der Waals surface area contributed by atoms with Gasteiger partial charge in [0, 0.05) is 23.9 Å². The fourth-order valence-corrected chi connectivity index (χ4v) is 4.23. The molecular formula is C25H27N7O3. The summed E-state index contributed by atoms with van der Waals surface area (Å²) < 4.78 is 1.19. The standard InChI is InChI=1S/C25H27N7O3/c1-2-7-20(33)31-15-6-4-8-18(31)24-30-21(22(23(26)34)32(24)27)16-10-12-17(13-11-16)25(35)29-19-9-3-5-14-28-19/h2-3,5,7,9-14,18H,4,6,8,15,27H2,1H3,(H2,26,34)(H,28,29,35)/b7-2+. The summed E-state index contributed by atoms with van der Waals surface area (Å²) in [6.07, 6.45) is 7.23. The van der Waals surface area contributed by atoms with Gasteiger partial charge in [-0.05, 0) is 56.5 Å². The number of nitrogens with two attached hydrogens (primary N) is 2. The number of nitrogens with one attached hydrogen (secondary N) is 1. The molecule has 1 atom stereocenters. The molecule has 4 rings (SSSR count). The highest BCUT2D eigenvalue weighted by Gasteiger charge is 2.33. The van der Waals surface area contributed by atoms with E-state index in [0.717, 1.165) is 12.8 Å². The van der Waals surface area contributed by atoms with Gasteiger partial charge < -0.3 is 21.8 Å². The average Bonchev–Trinajstić information content (AvgIpc) is 3.22. The van der Waals surface area contributed by atoms with Gasteiger partial charge in [0.15, 0.2) is 11.5 Å². The second-order valence-corrected chi connectivity index (χ2v) is 8.19. The summed E-state index contributed by atoms with van der Waals surface area (Å²) in [4.78, 5) is 48.0. The molecule has 1 aliphatic heterocycles. The smallest absolute Gasteiger partial charge is 0.269 e. The first-order chi connectivity index (χ1) is 16.9. The van der Waals surface area contributed by atoms with Crippen LogP contribution in [0.3, 0.4) is 0 Å². The van der Waals surface area contributed by atoms with Gasteiger partial charge in [-0.2, -0.15) is 0 Å². The van der Waals surface area contributed by atoms with Gasteiger partial charge in [-0.15, -0.1) is 0 Å². The highest BCUT2D eigenvalue weighted by atomic mass is 16.2. The molecule has 0 radical (unpaired) electrons. The molecule has 3 aromatic rings. The molecule has 1 unspecified atom stereocenters. The number of anilines is 1. The van der Waals surface area contributed by atoms with Crippen LogP contribution in [0.4, 0.5) is 5.82 Å². The molecule has 3 amide bonds. The van der Waals surface area contributed by atoms with Crippen LogP contribution in [-0.2, 0) is 4.79 Å². The number of carbonyl (C=O) groups is 3. The number of primary amides is 1. The Morgan fingerprint density at radius 2 is 1.89 bits per heavy atom. The van der Waals surface area contributed by atoms with Gasteiger partial charge in [-0.3, -0.25) is 14.4 Å². The van der Waals surface area contributed by atoms with Crippen LogP contribution < -0.4 is 16.9 Å².